The van der Waals surface area contributed by atoms with E-state index in [1.807, 2.05) is 6.92 Å². The first-order valence-corrected chi connectivity index (χ1v) is 5.43. The van der Waals surface area contributed by atoms with Crippen molar-refractivity contribution in [1.29, 1.82) is 0 Å². The average molecular weight is 294 g/mol. The number of hydrogen-bond donors (Lipinski definition) is 2. The van der Waals surface area contributed by atoms with Crippen molar-refractivity contribution in [3.63, 3.8) is 0 Å². The van der Waals surface area contributed by atoms with Crippen LogP contribution in [0.15, 0.2) is 10.5 Å². The lowest BCUT2D eigenvalue weighted by Gasteiger charge is -2.10. The second-order valence-corrected chi connectivity index (χ2v) is 3.93. The van der Waals surface area contributed by atoms with Crippen molar-refractivity contribution in [2.75, 3.05) is 11.9 Å². The van der Waals surface area contributed by atoms with Crippen LogP contribution >= 0.6 is 15.9 Å². The van der Waals surface area contributed by atoms with Crippen LogP contribution < -0.4 is 5.32 Å². The van der Waals surface area contributed by atoms with E-state index in [2.05, 4.69) is 21.2 Å². The molecule has 0 saturated heterocycles. The number of carbonyl (C=O) groups is 1. The van der Waals surface area contributed by atoms with Crippen LogP contribution in [0.5, 0.6) is 0 Å². The van der Waals surface area contributed by atoms with Gasteiger partial charge in [-0.2, -0.15) is 0 Å². The molecule has 0 aliphatic rings. The first kappa shape index (κ1) is 12.9. The van der Waals surface area contributed by atoms with Gasteiger partial charge < -0.3 is 10.4 Å². The van der Waals surface area contributed by atoms with Gasteiger partial charge in [0.1, 0.15) is 11.4 Å². The van der Waals surface area contributed by atoms with Crippen LogP contribution in [0.1, 0.15) is 23.7 Å². The van der Waals surface area contributed by atoms with Crippen molar-refractivity contribution in [3.05, 3.63) is 27.7 Å². The Labute approximate surface area is 99.6 Å². The molecule has 0 aliphatic carbocycles. The van der Waals surface area contributed by atoms with Crippen molar-refractivity contribution in [2.24, 2.45) is 0 Å². The van der Waals surface area contributed by atoms with E-state index in [1.54, 1.807) is 0 Å². The molecule has 0 radical (unpaired) electrons. The van der Waals surface area contributed by atoms with Gasteiger partial charge in [0.25, 0.3) is 0 Å². The van der Waals surface area contributed by atoms with E-state index < -0.39 is 23.2 Å². The van der Waals surface area contributed by atoms with Gasteiger partial charge in [0.15, 0.2) is 5.82 Å². The van der Waals surface area contributed by atoms with Gasteiger partial charge in [-0.1, -0.05) is 6.92 Å². The maximum atomic E-state index is 13.5. The molecule has 0 bridgehead atoms. The molecule has 88 valence electrons. The molecule has 0 amide bonds. The fourth-order valence-corrected chi connectivity index (χ4v) is 1.63. The van der Waals surface area contributed by atoms with Gasteiger partial charge in [-0.3, -0.25) is 0 Å². The van der Waals surface area contributed by atoms with E-state index in [0.717, 1.165) is 12.5 Å². The third-order valence-corrected chi connectivity index (χ3v) is 2.71. The number of aromatic carboxylic acids is 1. The summed E-state index contributed by atoms with van der Waals surface area (Å²) in [7, 11) is 0. The quantitative estimate of drug-likeness (QED) is 0.838. The van der Waals surface area contributed by atoms with Gasteiger partial charge >= 0.3 is 5.97 Å². The predicted molar refractivity (Wildman–Crippen MR) is 59.8 cm³/mol. The summed E-state index contributed by atoms with van der Waals surface area (Å²) in [6.07, 6.45) is 0.788. The van der Waals surface area contributed by atoms with E-state index in [4.69, 9.17) is 5.11 Å². The number of carboxylic acids is 1. The number of halogens is 3. The average Bonchev–Trinajstić information content (AvgIpc) is 2.21. The highest BCUT2D eigenvalue weighted by Gasteiger charge is 2.21. The molecule has 3 nitrogen and oxygen atoms in total. The van der Waals surface area contributed by atoms with Gasteiger partial charge in [0.2, 0.25) is 0 Å². The minimum absolute atomic E-state index is 0.0697. The lowest BCUT2D eigenvalue weighted by Crippen LogP contribution is -2.09. The molecular formula is C10H10BrF2NO2. The Morgan fingerprint density at radius 3 is 2.69 bits per heavy atom. The fourth-order valence-electron chi connectivity index (χ4n) is 1.18. The zero-order valence-electron chi connectivity index (χ0n) is 8.48. The van der Waals surface area contributed by atoms with Crippen LogP contribution in [0.4, 0.5) is 14.5 Å². The van der Waals surface area contributed by atoms with Gasteiger partial charge in [-0.25, -0.2) is 13.6 Å². The summed E-state index contributed by atoms with van der Waals surface area (Å²) in [6.45, 7) is 2.45. The molecule has 0 fully saturated rings. The van der Waals surface area contributed by atoms with Gasteiger partial charge in [-0.05, 0) is 28.4 Å². The molecule has 0 heterocycles. The summed E-state index contributed by atoms with van der Waals surface area (Å²) in [5.41, 5.74) is -0.740. The molecule has 1 rings (SSSR count). The zero-order valence-corrected chi connectivity index (χ0v) is 10.1. The molecule has 0 aliphatic heterocycles. The Morgan fingerprint density at radius 1 is 1.56 bits per heavy atom. The standard InChI is InChI=1S/C10H10BrF2NO2/c1-2-3-14-6-4-5(12)7(10(15)16)9(13)8(6)11/h4,14H,2-3H2,1H3,(H,15,16). The number of benzene rings is 1. The summed E-state index contributed by atoms with van der Waals surface area (Å²) >= 11 is 2.90. The van der Waals surface area contributed by atoms with Crippen LogP contribution in [0, 0.1) is 11.6 Å². The molecule has 0 saturated carbocycles. The Bertz CT molecular complexity index is 424. The minimum atomic E-state index is -1.63. The third kappa shape index (κ3) is 2.49. The van der Waals surface area contributed by atoms with Crippen LogP contribution in [0.25, 0.3) is 0 Å². The lowest BCUT2D eigenvalue weighted by molar-refractivity contribution is 0.0686. The Hall–Kier alpha value is -1.17. The summed E-state index contributed by atoms with van der Waals surface area (Å²) in [5.74, 6) is -3.82. The van der Waals surface area contributed by atoms with Crippen LogP contribution in [0.3, 0.4) is 0 Å². The smallest absolute Gasteiger partial charge is 0.341 e. The second kappa shape index (κ2) is 5.25. The van der Waals surface area contributed by atoms with Gasteiger partial charge in [0.05, 0.1) is 10.2 Å². The SMILES string of the molecule is CCCNc1cc(F)c(C(=O)O)c(F)c1Br. The highest BCUT2D eigenvalue weighted by molar-refractivity contribution is 9.10. The number of hydrogen-bond acceptors (Lipinski definition) is 2. The first-order chi connectivity index (χ1) is 7.49. The molecule has 6 heteroatoms. The monoisotopic (exact) mass is 293 g/mol. The number of carboxylic acid groups (broad SMARTS) is 1. The first-order valence-electron chi connectivity index (χ1n) is 4.63. The molecule has 16 heavy (non-hydrogen) atoms. The van der Waals surface area contributed by atoms with Crippen LogP contribution in [-0.2, 0) is 0 Å². The van der Waals surface area contributed by atoms with E-state index >= 15 is 0 Å². The normalized spacial score (nSPS) is 10.2. The van der Waals surface area contributed by atoms with Crippen molar-refractivity contribution in [1.82, 2.24) is 0 Å². The summed E-state index contributed by atoms with van der Waals surface area (Å²) in [5, 5.41) is 11.4. The summed E-state index contributed by atoms with van der Waals surface area (Å²) in [6, 6.07) is 0.965. The molecule has 0 unspecified atom stereocenters. The Balaban J connectivity index is 3.22. The minimum Gasteiger partial charge on any atom is -0.477 e. The van der Waals surface area contributed by atoms with E-state index in [-0.39, 0.29) is 10.2 Å². The molecule has 1 aromatic carbocycles. The number of anilines is 1. The van der Waals surface area contributed by atoms with Gasteiger partial charge in [0, 0.05) is 6.54 Å². The van der Waals surface area contributed by atoms with Crippen LogP contribution in [-0.4, -0.2) is 17.6 Å². The van der Waals surface area contributed by atoms with Crippen LogP contribution in [0.2, 0.25) is 0 Å². The number of nitrogens with one attached hydrogen (secondary N) is 1. The van der Waals surface area contributed by atoms with E-state index in [1.165, 1.54) is 0 Å². The highest BCUT2D eigenvalue weighted by atomic mass is 79.9. The van der Waals surface area contributed by atoms with Crippen molar-refractivity contribution < 1.29 is 18.7 Å². The van der Waals surface area contributed by atoms with E-state index in [9.17, 15) is 13.6 Å². The third-order valence-electron chi connectivity index (χ3n) is 1.94. The molecule has 1 aromatic rings. The molecule has 0 aromatic heterocycles. The number of rotatable bonds is 4. The largest absolute Gasteiger partial charge is 0.477 e. The highest BCUT2D eigenvalue weighted by Crippen LogP contribution is 2.30. The van der Waals surface area contributed by atoms with Crippen molar-refractivity contribution >= 4 is 27.6 Å². The maximum Gasteiger partial charge on any atom is 0.341 e. The zero-order chi connectivity index (χ0) is 12.3. The lowest BCUT2D eigenvalue weighted by atomic mass is 10.1. The predicted octanol–water partition coefficient (Wildman–Crippen LogP) is 3.25. The van der Waals surface area contributed by atoms with Crippen molar-refractivity contribution in [3.8, 4) is 0 Å². The van der Waals surface area contributed by atoms with Gasteiger partial charge in [-0.15, -0.1) is 0 Å². The summed E-state index contributed by atoms with van der Waals surface area (Å²) in [4.78, 5) is 10.6. The maximum absolute atomic E-state index is 13.5. The molecular weight excluding hydrogens is 284 g/mol. The molecule has 0 spiro atoms. The molecule has 0 atom stereocenters. The Kier molecular flexibility index (Phi) is 4.23. The second-order valence-electron chi connectivity index (χ2n) is 3.14. The van der Waals surface area contributed by atoms with Crippen molar-refractivity contribution in [2.45, 2.75) is 13.3 Å². The van der Waals surface area contributed by atoms with E-state index in [0.29, 0.717) is 6.54 Å². The topological polar surface area (TPSA) is 49.3 Å². The summed E-state index contributed by atoms with van der Waals surface area (Å²) < 4.78 is 26.7. The fraction of sp³-hybridized carbons (Fsp3) is 0.300. The molecule has 2 N–H and O–H groups in total. The Morgan fingerprint density at radius 2 is 2.19 bits per heavy atom.